The van der Waals surface area contributed by atoms with Crippen molar-refractivity contribution in [2.24, 2.45) is 0 Å². The van der Waals surface area contributed by atoms with Gasteiger partial charge < -0.3 is 15.2 Å². The van der Waals surface area contributed by atoms with E-state index in [0.29, 0.717) is 13.0 Å². The first-order chi connectivity index (χ1) is 10.2. The Hall–Kier alpha value is -2.25. The Kier molecular flexibility index (Phi) is 3.68. The molecule has 7 heteroatoms. The molecule has 1 amide bonds. The molecule has 0 saturated carbocycles. The molecule has 1 aliphatic rings. The van der Waals surface area contributed by atoms with E-state index in [-0.39, 0.29) is 24.8 Å². The predicted octanol–water partition coefficient (Wildman–Crippen LogP) is 0.148. The van der Waals surface area contributed by atoms with Gasteiger partial charge in [0.2, 0.25) is 0 Å². The van der Waals surface area contributed by atoms with E-state index >= 15 is 0 Å². The maximum Gasteiger partial charge on any atom is 0.273 e. The lowest BCUT2D eigenvalue weighted by Gasteiger charge is -2.20. The molecule has 1 aliphatic heterocycles. The van der Waals surface area contributed by atoms with Crippen LogP contribution in [0.2, 0.25) is 0 Å². The zero-order chi connectivity index (χ0) is 14.7. The second-order valence-electron chi connectivity index (χ2n) is 5.09. The summed E-state index contributed by atoms with van der Waals surface area (Å²) in [7, 11) is 0. The molecule has 0 bridgehead atoms. The van der Waals surface area contributed by atoms with Gasteiger partial charge in [0.05, 0.1) is 18.5 Å². The molecule has 0 aliphatic carbocycles. The van der Waals surface area contributed by atoms with Crippen molar-refractivity contribution in [3.8, 4) is 5.69 Å². The number of nitrogens with one attached hydrogen (secondary N) is 1. The number of ether oxygens (including phenoxy) is 1. The summed E-state index contributed by atoms with van der Waals surface area (Å²) in [5, 5.41) is 20.5. The maximum atomic E-state index is 12.0. The van der Waals surface area contributed by atoms with Gasteiger partial charge in [-0.05, 0) is 12.1 Å². The van der Waals surface area contributed by atoms with E-state index in [9.17, 15) is 9.90 Å². The Labute approximate surface area is 121 Å². The SMILES string of the molecule is O=C(NCC1(O)CCOC1)c1cn(-c2ccccc2)nn1. The number of hydrogen-bond acceptors (Lipinski definition) is 5. The van der Waals surface area contributed by atoms with Crippen LogP contribution < -0.4 is 5.32 Å². The summed E-state index contributed by atoms with van der Waals surface area (Å²) in [5.74, 6) is -0.363. The monoisotopic (exact) mass is 288 g/mol. The highest BCUT2D eigenvalue weighted by atomic mass is 16.5. The fourth-order valence-corrected chi connectivity index (χ4v) is 2.15. The molecule has 3 rings (SSSR count). The summed E-state index contributed by atoms with van der Waals surface area (Å²) < 4.78 is 6.66. The van der Waals surface area contributed by atoms with Gasteiger partial charge in [-0.3, -0.25) is 4.79 Å². The van der Waals surface area contributed by atoms with Crippen molar-refractivity contribution < 1.29 is 14.6 Å². The Morgan fingerprint density at radius 1 is 1.43 bits per heavy atom. The molecule has 2 aromatic rings. The van der Waals surface area contributed by atoms with Crippen molar-refractivity contribution in [2.45, 2.75) is 12.0 Å². The number of benzene rings is 1. The first-order valence-corrected chi connectivity index (χ1v) is 6.72. The van der Waals surface area contributed by atoms with Crippen molar-refractivity contribution >= 4 is 5.91 Å². The summed E-state index contributed by atoms with van der Waals surface area (Å²) in [6.07, 6.45) is 2.07. The lowest BCUT2D eigenvalue weighted by molar-refractivity contribution is 0.0264. The largest absolute Gasteiger partial charge is 0.386 e. The molecule has 1 unspecified atom stereocenters. The van der Waals surface area contributed by atoms with Crippen LogP contribution in [-0.2, 0) is 4.74 Å². The molecular weight excluding hydrogens is 272 g/mol. The summed E-state index contributed by atoms with van der Waals surface area (Å²) in [4.78, 5) is 12.0. The molecular formula is C14H16N4O3. The van der Waals surface area contributed by atoms with Gasteiger partial charge in [-0.1, -0.05) is 23.4 Å². The molecule has 0 radical (unpaired) electrons. The number of aromatic nitrogens is 3. The fraction of sp³-hybridized carbons (Fsp3) is 0.357. The van der Waals surface area contributed by atoms with E-state index in [1.807, 2.05) is 30.3 Å². The predicted molar refractivity (Wildman–Crippen MR) is 74.1 cm³/mol. The summed E-state index contributed by atoms with van der Waals surface area (Å²) in [6, 6.07) is 9.40. The lowest BCUT2D eigenvalue weighted by Crippen LogP contribution is -2.43. The Morgan fingerprint density at radius 2 is 2.24 bits per heavy atom. The smallest absolute Gasteiger partial charge is 0.273 e. The third-order valence-corrected chi connectivity index (χ3v) is 3.41. The van der Waals surface area contributed by atoms with Crippen molar-refractivity contribution in [2.75, 3.05) is 19.8 Å². The van der Waals surface area contributed by atoms with E-state index in [1.165, 1.54) is 4.68 Å². The van der Waals surface area contributed by atoms with Crippen LogP contribution in [0, 0.1) is 0 Å². The fourth-order valence-electron chi connectivity index (χ4n) is 2.15. The Bertz CT molecular complexity index is 620. The topological polar surface area (TPSA) is 89.3 Å². The molecule has 21 heavy (non-hydrogen) atoms. The third kappa shape index (κ3) is 3.09. The molecule has 1 fully saturated rings. The number of aliphatic hydroxyl groups is 1. The van der Waals surface area contributed by atoms with E-state index in [4.69, 9.17) is 4.74 Å². The number of amides is 1. The third-order valence-electron chi connectivity index (χ3n) is 3.41. The van der Waals surface area contributed by atoms with Gasteiger partial charge in [0, 0.05) is 19.6 Å². The van der Waals surface area contributed by atoms with Gasteiger partial charge in [0.25, 0.3) is 5.91 Å². The summed E-state index contributed by atoms with van der Waals surface area (Å²) in [5.41, 5.74) is 0.0543. The Balaban J connectivity index is 1.64. The maximum absolute atomic E-state index is 12.0. The highest BCUT2D eigenvalue weighted by Crippen LogP contribution is 2.17. The highest BCUT2D eigenvalue weighted by Gasteiger charge is 2.32. The number of carbonyl (C=O) groups excluding carboxylic acids is 1. The van der Waals surface area contributed by atoms with E-state index in [0.717, 1.165) is 5.69 Å². The minimum atomic E-state index is -0.981. The number of hydrogen-bond donors (Lipinski definition) is 2. The molecule has 2 N–H and O–H groups in total. The molecule has 1 aromatic carbocycles. The molecule has 2 heterocycles. The molecule has 7 nitrogen and oxygen atoms in total. The summed E-state index contributed by atoms with van der Waals surface area (Å²) >= 11 is 0. The number of carbonyl (C=O) groups is 1. The van der Waals surface area contributed by atoms with Gasteiger partial charge in [0.1, 0.15) is 5.60 Å². The van der Waals surface area contributed by atoms with Crippen LogP contribution in [0.4, 0.5) is 0 Å². The Morgan fingerprint density at radius 3 is 2.95 bits per heavy atom. The molecule has 1 saturated heterocycles. The van der Waals surface area contributed by atoms with Crippen LogP contribution in [0.1, 0.15) is 16.9 Å². The van der Waals surface area contributed by atoms with Crippen molar-refractivity contribution in [1.82, 2.24) is 20.3 Å². The minimum Gasteiger partial charge on any atom is -0.386 e. The second kappa shape index (κ2) is 5.63. The second-order valence-corrected chi connectivity index (χ2v) is 5.09. The average Bonchev–Trinajstić information content (AvgIpc) is 3.16. The van der Waals surface area contributed by atoms with Gasteiger partial charge in [0.15, 0.2) is 5.69 Å². The molecule has 110 valence electrons. The minimum absolute atomic E-state index is 0.143. The van der Waals surface area contributed by atoms with E-state index in [1.54, 1.807) is 6.20 Å². The van der Waals surface area contributed by atoms with E-state index in [2.05, 4.69) is 15.6 Å². The van der Waals surface area contributed by atoms with Crippen LogP contribution in [0.25, 0.3) is 5.69 Å². The van der Waals surface area contributed by atoms with Crippen molar-refractivity contribution in [3.05, 3.63) is 42.2 Å². The van der Waals surface area contributed by atoms with Gasteiger partial charge in [-0.25, -0.2) is 4.68 Å². The summed E-state index contributed by atoms with van der Waals surface area (Å²) in [6.45, 7) is 0.893. The molecule has 0 spiro atoms. The standard InChI is InChI=1S/C14H16N4O3/c19-13(15-9-14(20)6-7-21-10-14)12-8-18(17-16-12)11-4-2-1-3-5-11/h1-5,8,20H,6-7,9-10H2,(H,15,19). The first kappa shape index (κ1) is 13.7. The average molecular weight is 288 g/mol. The molecule has 1 aromatic heterocycles. The van der Waals surface area contributed by atoms with Crippen LogP contribution >= 0.6 is 0 Å². The number of nitrogens with zero attached hydrogens (tertiary/aromatic N) is 3. The van der Waals surface area contributed by atoms with Gasteiger partial charge in [-0.2, -0.15) is 0 Å². The first-order valence-electron chi connectivity index (χ1n) is 6.72. The van der Waals surface area contributed by atoms with E-state index < -0.39 is 5.60 Å². The van der Waals surface area contributed by atoms with Crippen LogP contribution in [-0.4, -0.2) is 51.4 Å². The van der Waals surface area contributed by atoms with Gasteiger partial charge >= 0.3 is 0 Å². The number of rotatable bonds is 4. The highest BCUT2D eigenvalue weighted by molar-refractivity contribution is 5.91. The van der Waals surface area contributed by atoms with Crippen LogP contribution in [0.3, 0.4) is 0 Å². The lowest BCUT2D eigenvalue weighted by atomic mass is 10.0. The zero-order valence-electron chi connectivity index (χ0n) is 11.4. The zero-order valence-corrected chi connectivity index (χ0v) is 11.4. The molecule has 1 atom stereocenters. The van der Waals surface area contributed by atoms with Gasteiger partial charge in [-0.15, -0.1) is 5.10 Å². The van der Waals surface area contributed by atoms with Crippen molar-refractivity contribution in [1.29, 1.82) is 0 Å². The normalized spacial score (nSPS) is 21.4. The quantitative estimate of drug-likeness (QED) is 0.836. The van der Waals surface area contributed by atoms with Crippen molar-refractivity contribution in [3.63, 3.8) is 0 Å². The van der Waals surface area contributed by atoms with Crippen LogP contribution in [0.15, 0.2) is 36.5 Å². The number of para-hydroxylation sites is 1. The van der Waals surface area contributed by atoms with Crippen LogP contribution in [0.5, 0.6) is 0 Å².